The molecule has 7 nitrogen and oxygen atoms in total. The van der Waals surface area contributed by atoms with E-state index >= 15 is 0 Å². The lowest BCUT2D eigenvalue weighted by atomic mass is 9.99. The first-order valence-electron chi connectivity index (χ1n) is 6.52. The third-order valence-electron chi connectivity index (χ3n) is 3.31. The van der Waals surface area contributed by atoms with Crippen LogP contribution in [0.25, 0.3) is 0 Å². The van der Waals surface area contributed by atoms with Gasteiger partial charge in [-0.25, -0.2) is 4.79 Å². The Hall–Kier alpha value is -2.57. The van der Waals surface area contributed by atoms with Gasteiger partial charge in [-0.3, -0.25) is 9.59 Å². The van der Waals surface area contributed by atoms with E-state index in [1.54, 1.807) is 24.3 Å². The van der Waals surface area contributed by atoms with Gasteiger partial charge < -0.3 is 20.9 Å². The van der Waals surface area contributed by atoms with E-state index in [1.807, 2.05) is 0 Å². The summed E-state index contributed by atoms with van der Waals surface area (Å²) in [5, 5.41) is 11.5. The Balaban J connectivity index is 2.03. The van der Waals surface area contributed by atoms with Crippen molar-refractivity contribution in [3.63, 3.8) is 0 Å². The van der Waals surface area contributed by atoms with Crippen molar-refractivity contribution in [1.29, 1.82) is 0 Å². The van der Waals surface area contributed by atoms with E-state index in [9.17, 15) is 14.4 Å². The molecule has 0 aromatic heterocycles. The summed E-state index contributed by atoms with van der Waals surface area (Å²) in [6, 6.07) is 5.97. The number of carboxylic acid groups (broad SMARTS) is 1. The number of para-hydroxylation sites is 1. The summed E-state index contributed by atoms with van der Waals surface area (Å²) in [4.78, 5) is 34.0. The average Bonchev–Trinajstić information content (AvgIpc) is 2.86. The van der Waals surface area contributed by atoms with Crippen LogP contribution in [0, 0.1) is 0 Å². The maximum Gasteiger partial charge on any atom is 0.326 e. The van der Waals surface area contributed by atoms with E-state index < -0.39 is 29.7 Å². The second-order valence-electron chi connectivity index (χ2n) is 4.81. The predicted molar refractivity (Wildman–Crippen MR) is 72.7 cm³/mol. The molecule has 2 amide bonds. The summed E-state index contributed by atoms with van der Waals surface area (Å²) in [5.74, 6) is -2.16. The number of primary amides is 1. The first kappa shape index (κ1) is 14.8. The van der Waals surface area contributed by atoms with Crippen molar-refractivity contribution in [3.8, 4) is 5.75 Å². The van der Waals surface area contributed by atoms with Gasteiger partial charge in [0.1, 0.15) is 24.3 Å². The number of nitrogens with one attached hydrogen (secondary N) is 1. The monoisotopic (exact) mass is 292 g/mol. The summed E-state index contributed by atoms with van der Waals surface area (Å²) in [7, 11) is 0. The van der Waals surface area contributed by atoms with Crippen molar-refractivity contribution < 1.29 is 24.2 Å². The summed E-state index contributed by atoms with van der Waals surface area (Å²) >= 11 is 0. The number of ether oxygens (including phenoxy) is 1. The molecule has 0 aliphatic carbocycles. The van der Waals surface area contributed by atoms with E-state index in [0.717, 1.165) is 5.56 Å². The van der Waals surface area contributed by atoms with Gasteiger partial charge in [-0.2, -0.15) is 0 Å². The Morgan fingerprint density at radius 2 is 2.10 bits per heavy atom. The van der Waals surface area contributed by atoms with Crippen LogP contribution in [0.15, 0.2) is 24.3 Å². The number of rotatable bonds is 6. The molecule has 0 spiro atoms. The third-order valence-corrected chi connectivity index (χ3v) is 3.31. The number of amides is 2. The normalized spacial score (nSPS) is 17.4. The molecule has 1 heterocycles. The molecule has 4 N–H and O–H groups in total. The van der Waals surface area contributed by atoms with Crippen LogP contribution >= 0.6 is 0 Å². The zero-order chi connectivity index (χ0) is 15.4. The van der Waals surface area contributed by atoms with Gasteiger partial charge in [0.15, 0.2) is 0 Å². The smallest absolute Gasteiger partial charge is 0.326 e. The number of hydrogen-bond donors (Lipinski definition) is 3. The molecule has 0 fully saturated rings. The van der Waals surface area contributed by atoms with E-state index in [1.165, 1.54) is 0 Å². The Kier molecular flexibility index (Phi) is 4.42. The Labute approximate surface area is 121 Å². The first-order chi connectivity index (χ1) is 9.99. The van der Waals surface area contributed by atoms with Crippen LogP contribution in [0.1, 0.15) is 24.3 Å². The van der Waals surface area contributed by atoms with Crippen LogP contribution in [0.2, 0.25) is 0 Å². The Morgan fingerprint density at radius 3 is 2.76 bits per heavy atom. The van der Waals surface area contributed by atoms with E-state index in [0.29, 0.717) is 5.75 Å². The molecule has 0 radical (unpaired) electrons. The largest absolute Gasteiger partial charge is 0.492 e. The molecule has 0 bridgehead atoms. The predicted octanol–water partition coefficient (Wildman–Crippen LogP) is -0.00250. The highest BCUT2D eigenvalue weighted by Crippen LogP contribution is 2.33. The molecule has 0 saturated heterocycles. The fraction of sp³-hybridized carbons (Fsp3) is 0.357. The fourth-order valence-electron chi connectivity index (χ4n) is 2.20. The van der Waals surface area contributed by atoms with Crippen LogP contribution in [0.5, 0.6) is 5.75 Å². The molecule has 7 heteroatoms. The van der Waals surface area contributed by atoms with Gasteiger partial charge >= 0.3 is 5.97 Å². The summed E-state index contributed by atoms with van der Waals surface area (Å²) in [6.45, 7) is 0.174. The maximum atomic E-state index is 12.2. The number of fused-ring (bicyclic) bond motifs is 1. The SMILES string of the molecule is NC(=O)CCC(NC(=O)C1COc2ccccc21)C(=O)O. The maximum absolute atomic E-state index is 12.2. The minimum Gasteiger partial charge on any atom is -0.492 e. The molecule has 0 saturated carbocycles. The van der Waals surface area contributed by atoms with Crippen molar-refractivity contribution in [1.82, 2.24) is 5.32 Å². The Bertz CT molecular complexity index is 572. The first-order valence-corrected chi connectivity index (χ1v) is 6.52. The minimum atomic E-state index is -1.20. The van der Waals surface area contributed by atoms with Gasteiger partial charge in [-0.1, -0.05) is 18.2 Å². The molecule has 1 aliphatic heterocycles. The van der Waals surface area contributed by atoms with Crippen molar-refractivity contribution in [2.24, 2.45) is 5.73 Å². The number of carbonyl (C=O) groups excluding carboxylic acids is 2. The summed E-state index contributed by atoms with van der Waals surface area (Å²) in [5.41, 5.74) is 5.72. The highest BCUT2D eigenvalue weighted by molar-refractivity contribution is 5.89. The lowest BCUT2D eigenvalue weighted by Gasteiger charge is -2.16. The molecule has 1 aromatic carbocycles. The van der Waals surface area contributed by atoms with Crippen molar-refractivity contribution in [3.05, 3.63) is 29.8 Å². The van der Waals surface area contributed by atoms with Crippen LogP contribution in [0.4, 0.5) is 0 Å². The average molecular weight is 292 g/mol. The van der Waals surface area contributed by atoms with Gasteiger partial charge in [-0.15, -0.1) is 0 Å². The number of carboxylic acids is 1. The van der Waals surface area contributed by atoms with E-state index in [4.69, 9.17) is 15.6 Å². The van der Waals surface area contributed by atoms with Gasteiger partial charge in [0.2, 0.25) is 11.8 Å². The number of aliphatic carboxylic acids is 1. The van der Waals surface area contributed by atoms with Crippen LogP contribution in [-0.2, 0) is 14.4 Å². The van der Waals surface area contributed by atoms with Crippen molar-refractivity contribution in [2.75, 3.05) is 6.61 Å². The molecule has 1 aliphatic rings. The van der Waals surface area contributed by atoms with Crippen molar-refractivity contribution >= 4 is 17.8 Å². The molecule has 112 valence electrons. The van der Waals surface area contributed by atoms with Gasteiger partial charge in [0, 0.05) is 12.0 Å². The zero-order valence-electron chi connectivity index (χ0n) is 11.2. The second-order valence-corrected chi connectivity index (χ2v) is 4.81. The lowest BCUT2D eigenvalue weighted by Crippen LogP contribution is -2.43. The lowest BCUT2D eigenvalue weighted by molar-refractivity contribution is -0.142. The van der Waals surface area contributed by atoms with E-state index in [2.05, 4.69) is 5.32 Å². The highest BCUT2D eigenvalue weighted by atomic mass is 16.5. The third kappa shape index (κ3) is 3.50. The molecule has 2 unspecified atom stereocenters. The zero-order valence-corrected chi connectivity index (χ0v) is 11.2. The topological polar surface area (TPSA) is 119 Å². The van der Waals surface area contributed by atoms with Crippen LogP contribution in [-0.4, -0.2) is 35.5 Å². The van der Waals surface area contributed by atoms with Gasteiger partial charge in [-0.05, 0) is 12.5 Å². The van der Waals surface area contributed by atoms with Crippen LogP contribution < -0.4 is 15.8 Å². The molecule has 1 aromatic rings. The van der Waals surface area contributed by atoms with Crippen LogP contribution in [0.3, 0.4) is 0 Å². The number of hydrogen-bond acceptors (Lipinski definition) is 4. The summed E-state index contributed by atoms with van der Waals surface area (Å²) < 4.78 is 5.39. The minimum absolute atomic E-state index is 0.0361. The molecular weight excluding hydrogens is 276 g/mol. The molecule has 2 rings (SSSR count). The van der Waals surface area contributed by atoms with Crippen molar-refractivity contribution in [2.45, 2.75) is 24.8 Å². The fourth-order valence-corrected chi connectivity index (χ4v) is 2.20. The number of benzene rings is 1. The number of nitrogens with two attached hydrogens (primary N) is 1. The second kappa shape index (κ2) is 6.25. The number of carbonyl (C=O) groups is 3. The molecular formula is C14H16N2O5. The Morgan fingerprint density at radius 1 is 1.38 bits per heavy atom. The van der Waals surface area contributed by atoms with E-state index in [-0.39, 0.29) is 19.4 Å². The quantitative estimate of drug-likeness (QED) is 0.681. The molecule has 21 heavy (non-hydrogen) atoms. The standard InChI is InChI=1S/C14H16N2O5/c15-12(17)6-5-10(14(19)20)16-13(18)9-7-21-11-4-2-1-3-8(9)11/h1-4,9-10H,5-7H2,(H2,15,17)(H,16,18)(H,19,20). The molecule has 2 atom stereocenters. The highest BCUT2D eigenvalue weighted by Gasteiger charge is 2.32. The summed E-state index contributed by atoms with van der Waals surface area (Å²) in [6.07, 6.45) is -0.138. The van der Waals surface area contributed by atoms with Gasteiger partial charge in [0.25, 0.3) is 0 Å². The van der Waals surface area contributed by atoms with Gasteiger partial charge in [0.05, 0.1) is 0 Å².